The second-order valence-corrected chi connectivity index (χ2v) is 8.01. The van der Waals surface area contributed by atoms with Crippen LogP contribution < -0.4 is 10.9 Å². The average Bonchev–Trinajstić information content (AvgIpc) is 2.89. The third-order valence-electron chi connectivity index (χ3n) is 4.75. The van der Waals surface area contributed by atoms with Gasteiger partial charge in [0.25, 0.3) is 5.56 Å². The van der Waals surface area contributed by atoms with Crippen LogP contribution >= 0.6 is 11.3 Å². The molecule has 0 atom stereocenters. The largest absolute Gasteiger partial charge is 0.478 e. The van der Waals surface area contributed by atoms with E-state index < -0.39 is 5.97 Å². The molecule has 0 saturated heterocycles. The molecule has 3 rings (SSSR count). The van der Waals surface area contributed by atoms with E-state index in [0.29, 0.717) is 27.3 Å². The summed E-state index contributed by atoms with van der Waals surface area (Å²) in [5, 5.41) is 12.6. The van der Waals surface area contributed by atoms with Gasteiger partial charge in [0.1, 0.15) is 10.7 Å². The Balaban J connectivity index is 1.75. The lowest BCUT2D eigenvalue weighted by molar-refractivity contribution is -0.116. The number of nitrogens with zero attached hydrogens (tertiary/aromatic N) is 1. The minimum atomic E-state index is -1.04. The Bertz CT molecular complexity index is 1160. The van der Waals surface area contributed by atoms with Crippen molar-refractivity contribution in [1.82, 2.24) is 9.97 Å². The molecule has 28 heavy (non-hydrogen) atoms. The fourth-order valence-electron chi connectivity index (χ4n) is 3.08. The van der Waals surface area contributed by atoms with Gasteiger partial charge in [-0.15, -0.1) is 11.3 Å². The first-order chi connectivity index (χ1) is 13.2. The van der Waals surface area contributed by atoms with Gasteiger partial charge in [-0.3, -0.25) is 9.59 Å². The van der Waals surface area contributed by atoms with Crippen LogP contribution in [0.2, 0.25) is 0 Å². The molecule has 0 unspecified atom stereocenters. The van der Waals surface area contributed by atoms with Gasteiger partial charge < -0.3 is 15.4 Å². The van der Waals surface area contributed by atoms with Crippen molar-refractivity contribution in [3.05, 3.63) is 55.4 Å². The van der Waals surface area contributed by atoms with Gasteiger partial charge in [0, 0.05) is 23.4 Å². The van der Waals surface area contributed by atoms with Crippen LogP contribution in [-0.4, -0.2) is 27.0 Å². The molecule has 2 heterocycles. The van der Waals surface area contributed by atoms with E-state index in [1.54, 1.807) is 13.0 Å². The summed E-state index contributed by atoms with van der Waals surface area (Å²) >= 11 is 1.46. The number of benzene rings is 1. The van der Waals surface area contributed by atoms with E-state index in [0.717, 1.165) is 16.0 Å². The van der Waals surface area contributed by atoms with Crippen LogP contribution in [0.25, 0.3) is 10.2 Å². The first-order valence-corrected chi connectivity index (χ1v) is 9.62. The summed E-state index contributed by atoms with van der Waals surface area (Å²) in [5.41, 5.74) is 2.79. The lowest BCUT2D eigenvalue weighted by Gasteiger charge is -2.11. The van der Waals surface area contributed by atoms with Gasteiger partial charge in [0.05, 0.1) is 10.9 Å². The third kappa shape index (κ3) is 3.82. The second kappa shape index (κ2) is 7.55. The number of carboxylic acids is 1. The minimum absolute atomic E-state index is 0.119. The summed E-state index contributed by atoms with van der Waals surface area (Å²) in [6, 6.07) is 3.20. The van der Waals surface area contributed by atoms with E-state index in [2.05, 4.69) is 15.3 Å². The lowest BCUT2D eigenvalue weighted by atomic mass is 10.0. The monoisotopic (exact) mass is 399 g/mol. The highest BCUT2D eigenvalue weighted by Crippen LogP contribution is 2.26. The lowest BCUT2D eigenvalue weighted by Crippen LogP contribution is -2.17. The van der Waals surface area contributed by atoms with Gasteiger partial charge in [0.2, 0.25) is 5.91 Å². The molecule has 0 aliphatic carbocycles. The molecule has 0 fully saturated rings. The molecule has 0 radical (unpaired) electrons. The van der Waals surface area contributed by atoms with Gasteiger partial charge in [0.15, 0.2) is 0 Å². The molecule has 3 N–H and O–H groups in total. The highest BCUT2D eigenvalue weighted by molar-refractivity contribution is 7.18. The number of aromatic amines is 1. The summed E-state index contributed by atoms with van der Waals surface area (Å²) in [6.07, 6.45) is 0.400. The fourth-order valence-corrected chi connectivity index (χ4v) is 4.13. The standard InChI is InChI=1S/C20H21N3O4S/c1-9-7-10(2)14(8-13(9)20(26)27)21-16(24)6-5-15-22-18(25)17-11(3)12(4)28-19(17)23-15/h7-8H,5-6H2,1-4H3,(H,21,24)(H,26,27)(H,22,23,25). The number of thiophene rings is 1. The van der Waals surface area contributed by atoms with Crippen LogP contribution in [0.15, 0.2) is 16.9 Å². The quantitative estimate of drug-likeness (QED) is 0.608. The normalized spacial score (nSPS) is 11.0. The molecule has 2 aromatic heterocycles. The smallest absolute Gasteiger partial charge is 0.336 e. The molecular formula is C20H21N3O4S. The number of nitrogens with one attached hydrogen (secondary N) is 2. The van der Waals surface area contributed by atoms with Crippen molar-refractivity contribution in [1.29, 1.82) is 0 Å². The summed E-state index contributed by atoms with van der Waals surface area (Å²) < 4.78 is 0. The predicted molar refractivity (Wildman–Crippen MR) is 110 cm³/mol. The van der Waals surface area contributed by atoms with Crippen molar-refractivity contribution in [2.45, 2.75) is 40.5 Å². The Kier molecular flexibility index (Phi) is 5.33. The number of carboxylic acid groups (broad SMARTS) is 1. The zero-order chi connectivity index (χ0) is 20.6. The van der Waals surface area contributed by atoms with Crippen LogP contribution in [0.1, 0.15) is 44.2 Å². The molecule has 146 valence electrons. The van der Waals surface area contributed by atoms with Crippen LogP contribution in [0.4, 0.5) is 5.69 Å². The van der Waals surface area contributed by atoms with E-state index in [4.69, 9.17) is 0 Å². The van der Waals surface area contributed by atoms with Crippen molar-refractivity contribution in [3.8, 4) is 0 Å². The van der Waals surface area contributed by atoms with Gasteiger partial charge in [-0.2, -0.15) is 0 Å². The minimum Gasteiger partial charge on any atom is -0.478 e. The van der Waals surface area contributed by atoms with E-state index in [-0.39, 0.29) is 29.9 Å². The van der Waals surface area contributed by atoms with Gasteiger partial charge in [-0.25, -0.2) is 9.78 Å². The third-order valence-corrected chi connectivity index (χ3v) is 5.85. The molecule has 7 nitrogen and oxygen atoms in total. The number of carbonyl (C=O) groups excluding carboxylic acids is 1. The van der Waals surface area contributed by atoms with Crippen LogP contribution in [-0.2, 0) is 11.2 Å². The maximum Gasteiger partial charge on any atom is 0.336 e. The molecule has 0 bridgehead atoms. The molecule has 0 spiro atoms. The first kappa shape index (κ1) is 19.8. The summed E-state index contributed by atoms with van der Waals surface area (Å²) in [7, 11) is 0. The number of H-pyrrole nitrogens is 1. The van der Waals surface area contributed by atoms with Gasteiger partial charge >= 0.3 is 5.97 Å². The highest BCUT2D eigenvalue weighted by atomic mass is 32.1. The van der Waals surface area contributed by atoms with Crippen molar-refractivity contribution in [3.63, 3.8) is 0 Å². The van der Waals surface area contributed by atoms with Gasteiger partial charge in [-0.1, -0.05) is 6.07 Å². The Morgan fingerprint density at radius 3 is 2.57 bits per heavy atom. The topological polar surface area (TPSA) is 112 Å². The Labute approximate surface area is 165 Å². The zero-order valence-corrected chi connectivity index (χ0v) is 16.9. The Morgan fingerprint density at radius 2 is 1.89 bits per heavy atom. The van der Waals surface area contributed by atoms with E-state index >= 15 is 0 Å². The van der Waals surface area contributed by atoms with E-state index in [1.807, 2.05) is 20.8 Å². The molecule has 1 aromatic carbocycles. The van der Waals surface area contributed by atoms with E-state index in [9.17, 15) is 19.5 Å². The summed E-state index contributed by atoms with van der Waals surface area (Å²) in [5.74, 6) is -0.852. The summed E-state index contributed by atoms with van der Waals surface area (Å²) in [6.45, 7) is 7.37. The number of rotatable bonds is 5. The Hall–Kier alpha value is -3.00. The number of aryl methyl sites for hydroxylation is 5. The number of amides is 1. The second-order valence-electron chi connectivity index (χ2n) is 6.81. The predicted octanol–water partition coefficient (Wildman–Crippen LogP) is 3.49. The maximum atomic E-state index is 12.3. The molecule has 0 saturated carbocycles. The van der Waals surface area contributed by atoms with Crippen LogP contribution in [0.5, 0.6) is 0 Å². The zero-order valence-electron chi connectivity index (χ0n) is 16.1. The number of hydrogen-bond donors (Lipinski definition) is 3. The molecule has 8 heteroatoms. The van der Waals surface area contributed by atoms with Crippen molar-refractivity contribution >= 4 is 39.1 Å². The molecule has 0 aliphatic heterocycles. The fraction of sp³-hybridized carbons (Fsp3) is 0.300. The SMILES string of the molecule is Cc1cc(C)c(C(=O)O)cc1NC(=O)CCc1nc2sc(C)c(C)c2c(=O)[nH]1. The first-order valence-electron chi connectivity index (χ1n) is 8.80. The highest BCUT2D eigenvalue weighted by Gasteiger charge is 2.14. The van der Waals surface area contributed by atoms with Crippen LogP contribution in [0.3, 0.4) is 0 Å². The summed E-state index contributed by atoms with van der Waals surface area (Å²) in [4.78, 5) is 44.9. The van der Waals surface area contributed by atoms with Crippen molar-refractivity contribution in [2.75, 3.05) is 5.32 Å². The number of carbonyl (C=O) groups is 2. The molecule has 1 amide bonds. The average molecular weight is 399 g/mol. The number of hydrogen-bond acceptors (Lipinski definition) is 5. The van der Waals surface area contributed by atoms with Crippen molar-refractivity contribution in [2.24, 2.45) is 0 Å². The number of aromatic carboxylic acids is 1. The molecule has 3 aromatic rings. The number of aromatic nitrogens is 2. The van der Waals surface area contributed by atoms with Gasteiger partial charge in [-0.05, 0) is 50.5 Å². The van der Waals surface area contributed by atoms with Crippen molar-refractivity contribution < 1.29 is 14.7 Å². The molecular weight excluding hydrogens is 378 g/mol. The maximum absolute atomic E-state index is 12.3. The number of anilines is 1. The molecule has 0 aliphatic rings. The number of fused-ring (bicyclic) bond motifs is 1. The van der Waals surface area contributed by atoms with E-state index in [1.165, 1.54) is 17.4 Å². The van der Waals surface area contributed by atoms with Crippen LogP contribution in [0, 0.1) is 27.7 Å². The Morgan fingerprint density at radius 1 is 1.18 bits per heavy atom.